The zero-order chi connectivity index (χ0) is 15.1. The molecule has 20 heavy (non-hydrogen) atoms. The van der Waals surface area contributed by atoms with Gasteiger partial charge >= 0.3 is 11.9 Å². The van der Waals surface area contributed by atoms with E-state index in [0.717, 1.165) is 18.7 Å². The Kier molecular flexibility index (Phi) is 6.03. The van der Waals surface area contributed by atoms with E-state index >= 15 is 0 Å². The Labute approximate surface area is 118 Å². The third-order valence-electron chi connectivity index (χ3n) is 3.05. The van der Waals surface area contributed by atoms with Crippen LogP contribution in [0.15, 0.2) is 24.3 Å². The summed E-state index contributed by atoms with van der Waals surface area (Å²) in [5.41, 5.74) is 1.09. The van der Waals surface area contributed by atoms with Crippen LogP contribution in [0.1, 0.15) is 37.0 Å². The zero-order valence-electron chi connectivity index (χ0n) is 11.9. The van der Waals surface area contributed by atoms with Crippen LogP contribution < -0.4 is 4.90 Å². The molecule has 0 atom stereocenters. The van der Waals surface area contributed by atoms with Crippen molar-refractivity contribution >= 4 is 17.6 Å². The third kappa shape index (κ3) is 5.30. The molecule has 1 rings (SSSR count). The molecule has 5 nitrogen and oxygen atoms in total. The molecule has 0 aliphatic carbocycles. The molecular weight excluding hydrogens is 258 g/mol. The van der Waals surface area contributed by atoms with Crippen molar-refractivity contribution < 1.29 is 19.8 Å². The minimum absolute atomic E-state index is 0.0682. The number of benzene rings is 1. The number of nitrogens with zero attached hydrogens (tertiary/aromatic N) is 1. The molecule has 0 saturated heterocycles. The van der Waals surface area contributed by atoms with Gasteiger partial charge in [-0.3, -0.25) is 4.79 Å². The molecule has 0 aromatic heterocycles. The summed E-state index contributed by atoms with van der Waals surface area (Å²) in [5, 5.41) is 17.7. The minimum Gasteiger partial charge on any atom is -0.481 e. The molecule has 0 aliphatic rings. The molecule has 0 unspecified atom stereocenters. The molecular formula is C15H21NO4. The lowest BCUT2D eigenvalue weighted by Crippen LogP contribution is -2.28. The third-order valence-corrected chi connectivity index (χ3v) is 3.05. The maximum atomic E-state index is 10.8. The van der Waals surface area contributed by atoms with Gasteiger partial charge in [0, 0.05) is 18.8 Å². The van der Waals surface area contributed by atoms with Gasteiger partial charge in [-0.25, -0.2) is 4.79 Å². The van der Waals surface area contributed by atoms with Crippen LogP contribution in [0.25, 0.3) is 0 Å². The first-order valence-corrected chi connectivity index (χ1v) is 6.70. The lowest BCUT2D eigenvalue weighted by atomic mass is 10.1. The van der Waals surface area contributed by atoms with Crippen LogP contribution in [-0.2, 0) is 4.79 Å². The molecule has 0 bridgehead atoms. The maximum Gasteiger partial charge on any atom is 0.335 e. The number of hydrogen-bond acceptors (Lipinski definition) is 3. The van der Waals surface area contributed by atoms with Crippen molar-refractivity contribution in [3.8, 4) is 0 Å². The van der Waals surface area contributed by atoms with Crippen molar-refractivity contribution in [2.45, 2.75) is 26.7 Å². The Hall–Kier alpha value is -2.04. The van der Waals surface area contributed by atoms with Gasteiger partial charge in [0.1, 0.15) is 0 Å². The quantitative estimate of drug-likeness (QED) is 0.765. The van der Waals surface area contributed by atoms with Crippen molar-refractivity contribution in [1.82, 2.24) is 0 Å². The van der Waals surface area contributed by atoms with E-state index in [9.17, 15) is 9.59 Å². The molecule has 5 heteroatoms. The predicted octanol–water partition coefficient (Wildman–Crippen LogP) is 2.71. The van der Waals surface area contributed by atoms with E-state index in [-0.39, 0.29) is 12.0 Å². The summed E-state index contributed by atoms with van der Waals surface area (Å²) in [7, 11) is 0. The van der Waals surface area contributed by atoms with Crippen LogP contribution in [0.4, 0.5) is 5.69 Å². The number of aromatic carboxylic acids is 1. The van der Waals surface area contributed by atoms with Gasteiger partial charge in [-0.05, 0) is 36.6 Å². The topological polar surface area (TPSA) is 77.8 Å². The fourth-order valence-corrected chi connectivity index (χ4v) is 1.83. The van der Waals surface area contributed by atoms with Crippen molar-refractivity contribution in [2.75, 3.05) is 18.0 Å². The van der Waals surface area contributed by atoms with E-state index < -0.39 is 11.9 Å². The summed E-state index contributed by atoms with van der Waals surface area (Å²) in [5.74, 6) is -1.27. The molecule has 1 aromatic rings. The predicted molar refractivity (Wildman–Crippen MR) is 77.3 cm³/mol. The molecule has 2 N–H and O–H groups in total. The molecule has 0 aliphatic heterocycles. The highest BCUT2D eigenvalue weighted by Crippen LogP contribution is 2.17. The number of carboxylic acids is 2. The molecule has 0 fully saturated rings. The van der Waals surface area contributed by atoms with Crippen molar-refractivity contribution in [2.24, 2.45) is 5.92 Å². The smallest absolute Gasteiger partial charge is 0.335 e. The zero-order valence-corrected chi connectivity index (χ0v) is 11.9. The fraction of sp³-hybridized carbons (Fsp3) is 0.467. The number of carboxylic acid groups (broad SMARTS) is 2. The SMILES string of the molecule is CC(C)CCN(CCC(=O)O)c1ccc(C(=O)O)cc1. The summed E-state index contributed by atoms with van der Waals surface area (Å²) in [4.78, 5) is 23.5. The lowest BCUT2D eigenvalue weighted by Gasteiger charge is -2.25. The summed E-state index contributed by atoms with van der Waals surface area (Å²) >= 11 is 0. The summed E-state index contributed by atoms with van der Waals surface area (Å²) in [6, 6.07) is 6.54. The second kappa shape index (κ2) is 7.53. The number of anilines is 1. The molecule has 110 valence electrons. The van der Waals surface area contributed by atoms with E-state index in [1.54, 1.807) is 24.3 Å². The monoisotopic (exact) mass is 279 g/mol. The van der Waals surface area contributed by atoms with Gasteiger partial charge in [-0.1, -0.05) is 13.8 Å². The molecule has 0 radical (unpaired) electrons. The van der Waals surface area contributed by atoms with E-state index in [0.29, 0.717) is 12.5 Å². The summed E-state index contributed by atoms with van der Waals surface area (Å²) in [6.07, 6.45) is 1.03. The number of carbonyl (C=O) groups is 2. The van der Waals surface area contributed by atoms with Gasteiger partial charge in [-0.15, -0.1) is 0 Å². The highest BCUT2D eigenvalue weighted by molar-refractivity contribution is 5.88. The number of rotatable bonds is 8. The van der Waals surface area contributed by atoms with Crippen molar-refractivity contribution in [3.05, 3.63) is 29.8 Å². The Morgan fingerprint density at radius 1 is 1.10 bits per heavy atom. The number of hydrogen-bond donors (Lipinski definition) is 2. The van der Waals surface area contributed by atoms with Crippen molar-refractivity contribution in [3.63, 3.8) is 0 Å². The van der Waals surface area contributed by atoms with Crippen LogP contribution in [0.2, 0.25) is 0 Å². The van der Waals surface area contributed by atoms with Crippen LogP contribution in [0, 0.1) is 5.92 Å². The van der Waals surface area contributed by atoms with Crippen LogP contribution in [0.3, 0.4) is 0 Å². The Morgan fingerprint density at radius 3 is 2.15 bits per heavy atom. The fourth-order valence-electron chi connectivity index (χ4n) is 1.83. The second-order valence-corrected chi connectivity index (χ2v) is 5.17. The van der Waals surface area contributed by atoms with E-state index in [1.807, 2.05) is 4.90 Å². The first kappa shape index (κ1) is 16.0. The highest BCUT2D eigenvalue weighted by Gasteiger charge is 2.10. The first-order valence-electron chi connectivity index (χ1n) is 6.70. The van der Waals surface area contributed by atoms with Gasteiger partial charge in [-0.2, -0.15) is 0 Å². The van der Waals surface area contributed by atoms with Crippen LogP contribution in [-0.4, -0.2) is 35.2 Å². The maximum absolute atomic E-state index is 10.8. The van der Waals surface area contributed by atoms with Crippen LogP contribution in [0.5, 0.6) is 0 Å². The lowest BCUT2D eigenvalue weighted by molar-refractivity contribution is -0.136. The van der Waals surface area contributed by atoms with Crippen molar-refractivity contribution in [1.29, 1.82) is 0 Å². The van der Waals surface area contributed by atoms with E-state index in [4.69, 9.17) is 10.2 Å². The largest absolute Gasteiger partial charge is 0.481 e. The van der Waals surface area contributed by atoms with E-state index in [2.05, 4.69) is 13.8 Å². The van der Waals surface area contributed by atoms with Gasteiger partial charge in [0.25, 0.3) is 0 Å². The van der Waals surface area contributed by atoms with Gasteiger partial charge in [0.15, 0.2) is 0 Å². The standard InChI is InChI=1S/C15H21NO4/c1-11(2)7-9-16(10-8-14(17)18)13-5-3-12(4-6-13)15(19)20/h3-6,11H,7-10H2,1-2H3,(H,17,18)(H,19,20). The van der Waals surface area contributed by atoms with Gasteiger partial charge in [0.05, 0.1) is 12.0 Å². The Bertz CT molecular complexity index is 453. The molecule has 0 spiro atoms. The molecule has 0 saturated carbocycles. The average Bonchev–Trinajstić information content (AvgIpc) is 2.38. The highest BCUT2D eigenvalue weighted by atomic mass is 16.4. The van der Waals surface area contributed by atoms with Gasteiger partial charge < -0.3 is 15.1 Å². The van der Waals surface area contributed by atoms with Gasteiger partial charge in [0.2, 0.25) is 0 Å². The number of aliphatic carboxylic acids is 1. The van der Waals surface area contributed by atoms with E-state index in [1.165, 1.54) is 0 Å². The molecule has 1 aromatic carbocycles. The molecule has 0 amide bonds. The Balaban J connectivity index is 2.79. The van der Waals surface area contributed by atoms with Crippen LogP contribution >= 0.6 is 0 Å². The summed E-state index contributed by atoms with van der Waals surface area (Å²) < 4.78 is 0. The normalized spacial score (nSPS) is 10.6. The first-order chi connectivity index (χ1) is 9.40. The second-order valence-electron chi connectivity index (χ2n) is 5.17. The Morgan fingerprint density at radius 2 is 1.70 bits per heavy atom. The average molecular weight is 279 g/mol. The molecule has 0 heterocycles. The minimum atomic E-state index is -0.962. The summed E-state index contributed by atoms with van der Waals surface area (Å²) in [6.45, 7) is 5.41.